The van der Waals surface area contributed by atoms with Crippen molar-refractivity contribution in [2.24, 2.45) is 5.41 Å². The molecule has 0 fully saturated rings. The predicted octanol–water partition coefficient (Wildman–Crippen LogP) is -0.645. The van der Waals surface area contributed by atoms with Crippen molar-refractivity contribution in [1.29, 1.82) is 0 Å². The lowest BCUT2D eigenvalue weighted by Crippen LogP contribution is -2.39. The van der Waals surface area contributed by atoms with Crippen molar-refractivity contribution >= 4 is 10.1 Å². The van der Waals surface area contributed by atoms with Gasteiger partial charge in [-0.1, -0.05) is 18.2 Å². The van der Waals surface area contributed by atoms with Gasteiger partial charge in [-0.25, -0.2) is 0 Å². The van der Waals surface area contributed by atoms with Gasteiger partial charge in [-0.05, 0) is 12.1 Å². The molecule has 0 bridgehead atoms. The fourth-order valence-electron chi connectivity index (χ4n) is 1.14. The van der Waals surface area contributed by atoms with Crippen molar-refractivity contribution in [3.63, 3.8) is 0 Å². The molecule has 0 aliphatic carbocycles. The quantitative estimate of drug-likeness (QED) is 0.572. The van der Waals surface area contributed by atoms with Gasteiger partial charge < -0.3 is 15.3 Å². The van der Waals surface area contributed by atoms with E-state index in [2.05, 4.69) is 0 Å². The normalized spacial score (nSPS) is 12.6. The molecular formula is C11H16O6S. The lowest BCUT2D eigenvalue weighted by Gasteiger charge is -2.26. The number of rotatable bonds is 7. The van der Waals surface area contributed by atoms with E-state index in [0.29, 0.717) is 0 Å². The maximum atomic E-state index is 11.8. The third-order valence-corrected chi connectivity index (χ3v) is 3.84. The number of hydrogen-bond donors (Lipinski definition) is 3. The van der Waals surface area contributed by atoms with Crippen LogP contribution in [0.2, 0.25) is 0 Å². The fraction of sp³-hybridized carbons (Fsp3) is 0.455. The highest BCUT2D eigenvalue weighted by atomic mass is 32.2. The van der Waals surface area contributed by atoms with Crippen molar-refractivity contribution < 1.29 is 27.9 Å². The second-order valence-electron chi connectivity index (χ2n) is 4.00. The minimum atomic E-state index is -3.96. The van der Waals surface area contributed by atoms with Gasteiger partial charge >= 0.3 is 0 Å². The summed E-state index contributed by atoms with van der Waals surface area (Å²) in [5.41, 5.74) is -1.37. The molecule has 102 valence electrons. The van der Waals surface area contributed by atoms with E-state index in [4.69, 9.17) is 19.5 Å². The van der Waals surface area contributed by atoms with Gasteiger partial charge in [0.2, 0.25) is 0 Å². The van der Waals surface area contributed by atoms with Crippen molar-refractivity contribution in [1.82, 2.24) is 0 Å². The average molecular weight is 276 g/mol. The molecular weight excluding hydrogens is 260 g/mol. The first-order valence-electron chi connectivity index (χ1n) is 5.27. The van der Waals surface area contributed by atoms with Crippen LogP contribution in [-0.4, -0.2) is 50.2 Å². The summed E-state index contributed by atoms with van der Waals surface area (Å²) in [6.07, 6.45) is 0. The van der Waals surface area contributed by atoms with Crippen molar-refractivity contribution in [2.45, 2.75) is 4.90 Å². The van der Waals surface area contributed by atoms with E-state index >= 15 is 0 Å². The molecule has 1 aromatic rings. The van der Waals surface area contributed by atoms with Crippen molar-refractivity contribution in [2.75, 3.05) is 26.4 Å². The molecule has 6 nitrogen and oxygen atoms in total. The van der Waals surface area contributed by atoms with Gasteiger partial charge in [0, 0.05) is 0 Å². The van der Waals surface area contributed by atoms with Crippen LogP contribution in [0.25, 0.3) is 0 Å². The number of benzene rings is 1. The summed E-state index contributed by atoms with van der Waals surface area (Å²) in [6, 6.07) is 7.50. The van der Waals surface area contributed by atoms with Gasteiger partial charge in [0.25, 0.3) is 10.1 Å². The van der Waals surface area contributed by atoms with Crippen LogP contribution in [0.15, 0.2) is 35.2 Å². The lowest BCUT2D eigenvalue weighted by atomic mass is 9.93. The van der Waals surface area contributed by atoms with Crippen LogP contribution >= 0.6 is 0 Å². The van der Waals surface area contributed by atoms with Gasteiger partial charge in [0.1, 0.15) is 0 Å². The smallest absolute Gasteiger partial charge is 0.296 e. The molecule has 0 saturated heterocycles. The van der Waals surface area contributed by atoms with Crippen LogP contribution in [0.5, 0.6) is 0 Å². The van der Waals surface area contributed by atoms with E-state index in [0.717, 1.165) is 0 Å². The monoisotopic (exact) mass is 276 g/mol. The van der Waals surface area contributed by atoms with E-state index in [-0.39, 0.29) is 4.90 Å². The van der Waals surface area contributed by atoms with E-state index in [1.807, 2.05) is 0 Å². The predicted molar refractivity (Wildman–Crippen MR) is 63.3 cm³/mol. The SMILES string of the molecule is O=S(=O)(OCC(CO)(CO)CO)c1ccccc1. The van der Waals surface area contributed by atoms with Crippen LogP contribution in [-0.2, 0) is 14.3 Å². The molecule has 0 aliphatic rings. The summed E-state index contributed by atoms with van der Waals surface area (Å²) in [6.45, 7) is -2.23. The molecule has 18 heavy (non-hydrogen) atoms. The maximum absolute atomic E-state index is 11.8. The van der Waals surface area contributed by atoms with Gasteiger partial charge in [0.15, 0.2) is 0 Å². The molecule has 1 rings (SSSR count). The summed E-state index contributed by atoms with van der Waals surface area (Å²) in [4.78, 5) is -0.0206. The van der Waals surface area contributed by atoms with Crippen LogP contribution in [0.3, 0.4) is 0 Å². The summed E-state index contributed by atoms with van der Waals surface area (Å²) in [5.74, 6) is 0. The second kappa shape index (κ2) is 6.26. The van der Waals surface area contributed by atoms with Gasteiger partial charge in [-0.3, -0.25) is 4.18 Å². The highest BCUT2D eigenvalue weighted by molar-refractivity contribution is 7.86. The van der Waals surface area contributed by atoms with Crippen LogP contribution in [0, 0.1) is 5.41 Å². The highest BCUT2D eigenvalue weighted by Gasteiger charge is 2.31. The van der Waals surface area contributed by atoms with Crippen LogP contribution < -0.4 is 0 Å². The summed E-state index contributed by atoms with van der Waals surface area (Å²) >= 11 is 0. The summed E-state index contributed by atoms with van der Waals surface area (Å²) < 4.78 is 28.3. The van der Waals surface area contributed by atoms with E-state index < -0.39 is 42.0 Å². The Labute approximate surface area is 106 Å². The first kappa shape index (κ1) is 15.1. The zero-order valence-corrected chi connectivity index (χ0v) is 10.5. The molecule has 0 aromatic heterocycles. The Bertz CT molecular complexity index is 443. The molecule has 0 heterocycles. The topological polar surface area (TPSA) is 104 Å². The first-order chi connectivity index (χ1) is 8.49. The molecule has 0 saturated carbocycles. The molecule has 0 amide bonds. The first-order valence-corrected chi connectivity index (χ1v) is 6.67. The minimum Gasteiger partial charge on any atom is -0.396 e. The lowest BCUT2D eigenvalue weighted by molar-refractivity contribution is -0.0242. The Morgan fingerprint density at radius 1 is 1.00 bits per heavy atom. The standard InChI is InChI=1S/C11H16O6S/c12-6-11(7-13,8-14)9-17-18(15,16)10-4-2-1-3-5-10/h1-5,12-14H,6-9H2. The minimum absolute atomic E-state index is 0.0206. The maximum Gasteiger partial charge on any atom is 0.296 e. The molecule has 0 radical (unpaired) electrons. The molecule has 0 atom stereocenters. The van der Waals surface area contributed by atoms with Gasteiger partial charge in [0.05, 0.1) is 36.7 Å². The fourth-order valence-corrected chi connectivity index (χ4v) is 2.18. The van der Waals surface area contributed by atoms with Gasteiger partial charge in [-0.2, -0.15) is 8.42 Å². The molecule has 0 spiro atoms. The second-order valence-corrected chi connectivity index (χ2v) is 5.62. The van der Waals surface area contributed by atoms with Crippen molar-refractivity contribution in [3.05, 3.63) is 30.3 Å². The van der Waals surface area contributed by atoms with Crippen LogP contribution in [0.4, 0.5) is 0 Å². The molecule has 0 aliphatic heterocycles. The van der Waals surface area contributed by atoms with E-state index in [1.54, 1.807) is 18.2 Å². The highest BCUT2D eigenvalue weighted by Crippen LogP contribution is 2.19. The Hall–Kier alpha value is -0.990. The largest absolute Gasteiger partial charge is 0.396 e. The molecule has 0 unspecified atom stereocenters. The van der Waals surface area contributed by atoms with Gasteiger partial charge in [-0.15, -0.1) is 0 Å². The Balaban J connectivity index is 2.79. The molecule has 7 heteroatoms. The van der Waals surface area contributed by atoms with Crippen molar-refractivity contribution in [3.8, 4) is 0 Å². The van der Waals surface area contributed by atoms with E-state index in [1.165, 1.54) is 12.1 Å². The Morgan fingerprint density at radius 2 is 1.50 bits per heavy atom. The third kappa shape index (κ3) is 3.50. The zero-order chi connectivity index (χ0) is 13.6. The summed E-state index contributed by atoms with van der Waals surface area (Å²) in [5, 5.41) is 27.1. The number of hydrogen-bond acceptors (Lipinski definition) is 6. The Morgan fingerprint density at radius 3 is 1.94 bits per heavy atom. The van der Waals surface area contributed by atoms with Crippen LogP contribution in [0.1, 0.15) is 0 Å². The van der Waals surface area contributed by atoms with E-state index in [9.17, 15) is 8.42 Å². The number of aliphatic hydroxyl groups excluding tert-OH is 3. The third-order valence-electron chi connectivity index (χ3n) is 2.56. The number of aliphatic hydroxyl groups is 3. The zero-order valence-electron chi connectivity index (χ0n) is 9.69. The Kier molecular flexibility index (Phi) is 5.24. The molecule has 1 aromatic carbocycles. The average Bonchev–Trinajstić information content (AvgIpc) is 2.42. The summed E-state index contributed by atoms with van der Waals surface area (Å²) in [7, 11) is -3.96. The molecule has 3 N–H and O–H groups in total.